The molecule has 0 aliphatic carbocycles. The number of ether oxygens (including phenoxy) is 2. The number of rotatable bonds is 6. The van der Waals surface area contributed by atoms with Crippen molar-refractivity contribution < 1.29 is 14.3 Å². The van der Waals surface area contributed by atoms with E-state index in [1.54, 1.807) is 0 Å². The van der Waals surface area contributed by atoms with Crippen LogP contribution in [0.5, 0.6) is 5.75 Å². The first-order valence-electron chi connectivity index (χ1n) is 9.04. The zero-order valence-electron chi connectivity index (χ0n) is 15.9. The number of fused-ring (bicyclic) bond motifs is 1. The Morgan fingerprint density at radius 1 is 1.36 bits per heavy atom. The second-order valence-corrected chi connectivity index (χ2v) is 8.21. The van der Waals surface area contributed by atoms with Crippen LogP contribution in [0, 0.1) is 5.41 Å². The number of unbranched alkanes of at least 4 members (excludes halogenated alkanes) is 1. The van der Waals surface area contributed by atoms with E-state index >= 15 is 0 Å². The van der Waals surface area contributed by atoms with E-state index in [-0.39, 0.29) is 23.5 Å². The largest absolute Gasteiger partial charge is 0.492 e. The Labute approximate surface area is 156 Å². The summed E-state index contributed by atoms with van der Waals surface area (Å²) < 4.78 is 10.7. The first-order valence-corrected chi connectivity index (χ1v) is 9.42. The van der Waals surface area contributed by atoms with Crippen LogP contribution in [-0.2, 0) is 16.0 Å². The molecular formula is C20H30ClNO3. The Hall–Kier alpha value is -1.26. The van der Waals surface area contributed by atoms with Crippen LogP contribution < -0.4 is 10.1 Å². The molecule has 0 saturated carbocycles. The van der Waals surface area contributed by atoms with Gasteiger partial charge in [-0.3, -0.25) is 4.79 Å². The number of carbonyl (C=O) groups is 1. The van der Waals surface area contributed by atoms with Gasteiger partial charge in [0.05, 0.1) is 25.2 Å². The number of halogens is 1. The van der Waals surface area contributed by atoms with Gasteiger partial charge in [-0.25, -0.2) is 0 Å². The zero-order valence-corrected chi connectivity index (χ0v) is 16.7. The van der Waals surface area contributed by atoms with Crippen molar-refractivity contribution in [3.05, 3.63) is 28.3 Å². The van der Waals surface area contributed by atoms with Crippen LogP contribution in [0.4, 0.5) is 0 Å². The number of carbonyl (C=O) groups excluding carboxylic acids is 1. The molecule has 0 saturated heterocycles. The predicted molar refractivity (Wildman–Crippen MR) is 101 cm³/mol. The molecule has 5 heteroatoms. The molecule has 2 unspecified atom stereocenters. The molecule has 1 heterocycles. The van der Waals surface area contributed by atoms with E-state index in [1.165, 1.54) is 12.7 Å². The molecule has 140 valence electrons. The summed E-state index contributed by atoms with van der Waals surface area (Å²) in [5, 5.41) is 4.21. The number of benzene rings is 1. The minimum absolute atomic E-state index is 0.0783. The Balaban J connectivity index is 2.34. The van der Waals surface area contributed by atoms with E-state index < -0.39 is 0 Å². The molecule has 1 aromatic carbocycles. The van der Waals surface area contributed by atoms with Gasteiger partial charge in [0.2, 0.25) is 0 Å². The lowest BCUT2D eigenvalue weighted by Crippen LogP contribution is -2.47. The maximum Gasteiger partial charge on any atom is 0.307 e. The number of esters is 1. The number of nitrogens with one attached hydrogen (secondary N) is 1. The molecule has 1 aliphatic heterocycles. The van der Waals surface area contributed by atoms with Gasteiger partial charge in [0.1, 0.15) is 5.75 Å². The summed E-state index contributed by atoms with van der Waals surface area (Å²) >= 11 is 6.43. The highest BCUT2D eigenvalue weighted by atomic mass is 35.5. The SMILES string of the molecule is CCCCOc1cc2c(cc1Cl)C(CC(=O)OC)NC(C(C)(C)C)C2. The molecule has 2 rings (SSSR count). The third kappa shape index (κ3) is 5.11. The predicted octanol–water partition coefficient (Wildman–Crippen LogP) is 4.68. The zero-order chi connectivity index (χ0) is 18.6. The van der Waals surface area contributed by atoms with E-state index in [0.29, 0.717) is 18.1 Å². The minimum Gasteiger partial charge on any atom is -0.492 e. The number of hydrogen-bond donors (Lipinski definition) is 1. The van der Waals surface area contributed by atoms with Crippen molar-refractivity contribution in [2.24, 2.45) is 5.41 Å². The summed E-state index contributed by atoms with van der Waals surface area (Å²) in [4.78, 5) is 11.9. The van der Waals surface area contributed by atoms with Crippen LogP contribution in [0.1, 0.15) is 64.1 Å². The summed E-state index contributed by atoms with van der Waals surface area (Å²) in [6.07, 6.45) is 3.27. The molecule has 0 fully saturated rings. The topological polar surface area (TPSA) is 47.6 Å². The molecule has 25 heavy (non-hydrogen) atoms. The fourth-order valence-corrected chi connectivity index (χ4v) is 3.36. The highest BCUT2D eigenvalue weighted by molar-refractivity contribution is 6.32. The molecule has 0 amide bonds. The lowest BCUT2D eigenvalue weighted by atomic mass is 9.77. The van der Waals surface area contributed by atoms with Crippen molar-refractivity contribution in [1.29, 1.82) is 0 Å². The third-order valence-electron chi connectivity index (χ3n) is 4.79. The molecule has 4 nitrogen and oxygen atoms in total. The van der Waals surface area contributed by atoms with E-state index in [9.17, 15) is 4.79 Å². The minimum atomic E-state index is -0.225. The molecule has 0 bridgehead atoms. The number of hydrogen-bond acceptors (Lipinski definition) is 4. The third-order valence-corrected chi connectivity index (χ3v) is 5.09. The van der Waals surface area contributed by atoms with Crippen LogP contribution in [0.25, 0.3) is 0 Å². The smallest absolute Gasteiger partial charge is 0.307 e. The molecule has 1 aliphatic rings. The van der Waals surface area contributed by atoms with Crippen molar-refractivity contribution in [3.8, 4) is 5.75 Å². The lowest BCUT2D eigenvalue weighted by Gasteiger charge is -2.40. The molecule has 0 radical (unpaired) electrons. The van der Waals surface area contributed by atoms with E-state index in [2.05, 4.69) is 39.1 Å². The van der Waals surface area contributed by atoms with Gasteiger partial charge in [-0.2, -0.15) is 0 Å². The molecule has 1 N–H and O–H groups in total. The Morgan fingerprint density at radius 2 is 2.08 bits per heavy atom. The summed E-state index contributed by atoms with van der Waals surface area (Å²) in [5.74, 6) is 0.512. The van der Waals surface area contributed by atoms with Crippen LogP contribution in [-0.4, -0.2) is 25.7 Å². The van der Waals surface area contributed by atoms with E-state index in [1.807, 2.05) is 6.07 Å². The van der Waals surface area contributed by atoms with Crippen LogP contribution in [0.15, 0.2) is 12.1 Å². The van der Waals surface area contributed by atoms with Gasteiger partial charge in [-0.05, 0) is 41.5 Å². The van der Waals surface area contributed by atoms with Crippen molar-refractivity contribution in [2.75, 3.05) is 13.7 Å². The van der Waals surface area contributed by atoms with Gasteiger partial charge in [0.25, 0.3) is 0 Å². The highest BCUT2D eigenvalue weighted by Gasteiger charge is 2.35. The first-order chi connectivity index (χ1) is 11.8. The van der Waals surface area contributed by atoms with E-state index in [0.717, 1.165) is 30.6 Å². The summed E-state index contributed by atoms with van der Waals surface area (Å²) in [7, 11) is 1.42. The quantitative estimate of drug-likeness (QED) is 0.585. The van der Waals surface area contributed by atoms with Gasteiger partial charge in [0.15, 0.2) is 0 Å². The Bertz CT molecular complexity index is 610. The maximum absolute atomic E-state index is 11.9. The van der Waals surface area contributed by atoms with Gasteiger partial charge >= 0.3 is 5.97 Å². The Morgan fingerprint density at radius 3 is 2.68 bits per heavy atom. The van der Waals surface area contributed by atoms with Crippen LogP contribution in [0.2, 0.25) is 5.02 Å². The van der Waals surface area contributed by atoms with Crippen molar-refractivity contribution in [3.63, 3.8) is 0 Å². The highest BCUT2D eigenvalue weighted by Crippen LogP contribution is 2.39. The number of methoxy groups -OCH3 is 1. The summed E-state index contributed by atoms with van der Waals surface area (Å²) in [6.45, 7) is 9.43. The van der Waals surface area contributed by atoms with Crippen LogP contribution >= 0.6 is 11.6 Å². The normalized spacial score (nSPS) is 20.1. The average Bonchev–Trinajstić information content (AvgIpc) is 2.54. The standard InChI is InChI=1S/C20H30ClNO3/c1-6-7-8-25-17-9-13-10-18(20(2,3)4)22-16(12-19(23)24-5)14(13)11-15(17)21/h9,11,16,18,22H,6-8,10,12H2,1-5H3. The van der Waals surface area contributed by atoms with Crippen LogP contribution in [0.3, 0.4) is 0 Å². The van der Waals surface area contributed by atoms with Gasteiger partial charge in [0, 0.05) is 12.1 Å². The fraction of sp³-hybridized carbons (Fsp3) is 0.650. The lowest BCUT2D eigenvalue weighted by molar-refractivity contribution is -0.141. The second kappa shape index (κ2) is 8.41. The van der Waals surface area contributed by atoms with Gasteiger partial charge in [-0.1, -0.05) is 45.7 Å². The van der Waals surface area contributed by atoms with Crippen molar-refractivity contribution >= 4 is 17.6 Å². The molecule has 2 atom stereocenters. The first kappa shape index (κ1) is 20.1. The second-order valence-electron chi connectivity index (χ2n) is 7.81. The molecule has 1 aromatic rings. The molecular weight excluding hydrogens is 338 g/mol. The van der Waals surface area contributed by atoms with Crippen molar-refractivity contribution in [1.82, 2.24) is 5.32 Å². The van der Waals surface area contributed by atoms with Gasteiger partial charge in [-0.15, -0.1) is 0 Å². The monoisotopic (exact) mass is 367 g/mol. The molecule has 0 aromatic heterocycles. The summed E-state index contributed by atoms with van der Waals surface area (Å²) in [6, 6.07) is 4.16. The molecule has 0 spiro atoms. The van der Waals surface area contributed by atoms with Crippen molar-refractivity contribution in [2.45, 2.75) is 65.5 Å². The maximum atomic E-state index is 11.9. The average molecular weight is 368 g/mol. The Kier molecular flexibility index (Phi) is 6.75. The summed E-state index contributed by atoms with van der Waals surface area (Å²) in [5.41, 5.74) is 2.34. The fourth-order valence-electron chi connectivity index (χ4n) is 3.14. The van der Waals surface area contributed by atoms with Gasteiger partial charge < -0.3 is 14.8 Å². The van der Waals surface area contributed by atoms with E-state index in [4.69, 9.17) is 21.1 Å².